The molecule has 3 rings (SSSR count). The summed E-state index contributed by atoms with van der Waals surface area (Å²) < 4.78 is 13.2. The van der Waals surface area contributed by atoms with Gasteiger partial charge in [0.2, 0.25) is 0 Å². The zero-order chi connectivity index (χ0) is 11.7. The monoisotopic (exact) mass is 234 g/mol. The van der Waals surface area contributed by atoms with Crippen molar-refractivity contribution in [1.29, 1.82) is 0 Å². The van der Waals surface area contributed by atoms with E-state index in [1.165, 1.54) is 12.1 Å². The lowest BCUT2D eigenvalue weighted by atomic mass is 10.1. The first-order valence-corrected chi connectivity index (χ1v) is 5.94. The standard InChI is InChI=1S/C12H15FN4/c13-8-1-2-11-10(7-8)12(17-16-11)15-9-3-5-14-6-4-9/h1-2,7,9,14H,3-6H2,(H2,15,16,17). The zero-order valence-corrected chi connectivity index (χ0v) is 9.46. The smallest absolute Gasteiger partial charge is 0.156 e. The molecule has 2 aromatic rings. The summed E-state index contributed by atoms with van der Waals surface area (Å²) in [5, 5.41) is 14.6. The van der Waals surface area contributed by atoms with E-state index >= 15 is 0 Å². The van der Waals surface area contributed by atoms with Gasteiger partial charge < -0.3 is 10.6 Å². The van der Waals surface area contributed by atoms with Crippen molar-refractivity contribution >= 4 is 16.7 Å². The number of H-pyrrole nitrogens is 1. The van der Waals surface area contributed by atoms with Crippen molar-refractivity contribution in [3.05, 3.63) is 24.0 Å². The minimum absolute atomic E-state index is 0.229. The number of aromatic amines is 1. The van der Waals surface area contributed by atoms with E-state index < -0.39 is 0 Å². The molecule has 0 radical (unpaired) electrons. The molecule has 1 aliphatic rings. The molecular formula is C12H15FN4. The summed E-state index contributed by atoms with van der Waals surface area (Å²) in [5.74, 6) is 0.527. The van der Waals surface area contributed by atoms with E-state index in [-0.39, 0.29) is 5.82 Å². The Hall–Kier alpha value is -1.62. The van der Waals surface area contributed by atoms with Crippen LogP contribution in [0.25, 0.3) is 10.9 Å². The van der Waals surface area contributed by atoms with E-state index in [4.69, 9.17) is 0 Å². The lowest BCUT2D eigenvalue weighted by Crippen LogP contribution is -2.35. The Bertz CT molecular complexity index is 516. The average Bonchev–Trinajstić information content (AvgIpc) is 2.73. The molecule has 0 atom stereocenters. The molecule has 90 valence electrons. The number of hydrogen-bond acceptors (Lipinski definition) is 3. The Morgan fingerprint density at radius 1 is 1.29 bits per heavy atom. The molecule has 0 amide bonds. The number of rotatable bonds is 2. The number of anilines is 1. The maximum atomic E-state index is 13.2. The van der Waals surface area contributed by atoms with Crippen LogP contribution >= 0.6 is 0 Å². The lowest BCUT2D eigenvalue weighted by molar-refractivity contribution is 0.478. The first-order valence-electron chi connectivity index (χ1n) is 5.94. The maximum absolute atomic E-state index is 13.2. The Balaban J connectivity index is 1.86. The first-order chi connectivity index (χ1) is 8.33. The molecule has 0 spiro atoms. The van der Waals surface area contributed by atoms with Crippen LogP contribution in [-0.2, 0) is 0 Å². The van der Waals surface area contributed by atoms with Gasteiger partial charge in [0.1, 0.15) is 5.82 Å². The number of benzene rings is 1. The van der Waals surface area contributed by atoms with Gasteiger partial charge in [-0.1, -0.05) is 0 Å². The summed E-state index contributed by atoms with van der Waals surface area (Å²) in [6.45, 7) is 2.04. The summed E-state index contributed by atoms with van der Waals surface area (Å²) in [6, 6.07) is 5.09. The molecule has 4 nitrogen and oxygen atoms in total. The molecule has 1 aromatic heterocycles. The highest BCUT2D eigenvalue weighted by atomic mass is 19.1. The fraction of sp³-hybridized carbons (Fsp3) is 0.417. The summed E-state index contributed by atoms with van der Waals surface area (Å²) >= 11 is 0. The first kappa shape index (κ1) is 10.5. The van der Waals surface area contributed by atoms with Crippen molar-refractivity contribution in [3.63, 3.8) is 0 Å². The van der Waals surface area contributed by atoms with Gasteiger partial charge in [0.25, 0.3) is 0 Å². The van der Waals surface area contributed by atoms with Gasteiger partial charge in [-0.05, 0) is 44.1 Å². The van der Waals surface area contributed by atoms with Gasteiger partial charge in [0.15, 0.2) is 5.82 Å². The van der Waals surface area contributed by atoms with Crippen LogP contribution in [0.5, 0.6) is 0 Å². The molecule has 5 heteroatoms. The second-order valence-corrected chi connectivity index (χ2v) is 4.43. The number of hydrogen-bond donors (Lipinski definition) is 3. The number of halogens is 1. The predicted molar refractivity (Wildman–Crippen MR) is 65.6 cm³/mol. The van der Waals surface area contributed by atoms with Crippen LogP contribution in [0.2, 0.25) is 0 Å². The fourth-order valence-electron chi connectivity index (χ4n) is 2.26. The number of nitrogens with zero attached hydrogens (tertiary/aromatic N) is 1. The van der Waals surface area contributed by atoms with Gasteiger partial charge in [-0.25, -0.2) is 4.39 Å². The largest absolute Gasteiger partial charge is 0.365 e. The van der Waals surface area contributed by atoms with Crippen molar-refractivity contribution in [1.82, 2.24) is 15.5 Å². The lowest BCUT2D eigenvalue weighted by Gasteiger charge is -2.23. The quantitative estimate of drug-likeness (QED) is 0.743. The van der Waals surface area contributed by atoms with E-state index in [1.807, 2.05) is 0 Å². The van der Waals surface area contributed by atoms with Crippen LogP contribution in [0.15, 0.2) is 18.2 Å². The van der Waals surface area contributed by atoms with Gasteiger partial charge in [0.05, 0.1) is 5.52 Å². The molecule has 0 bridgehead atoms. The SMILES string of the molecule is Fc1ccc2[nH]nc(NC3CCNCC3)c2c1. The second kappa shape index (κ2) is 4.33. The van der Waals surface area contributed by atoms with Crippen LogP contribution in [0.3, 0.4) is 0 Å². The molecule has 17 heavy (non-hydrogen) atoms. The molecule has 1 saturated heterocycles. The van der Waals surface area contributed by atoms with Crippen molar-refractivity contribution in [2.75, 3.05) is 18.4 Å². The van der Waals surface area contributed by atoms with E-state index in [2.05, 4.69) is 20.8 Å². The molecule has 1 aliphatic heterocycles. The van der Waals surface area contributed by atoms with Crippen LogP contribution in [0.1, 0.15) is 12.8 Å². The summed E-state index contributed by atoms with van der Waals surface area (Å²) in [6.07, 6.45) is 2.15. The second-order valence-electron chi connectivity index (χ2n) is 4.43. The Labute approximate surface area is 98.6 Å². The molecule has 0 aliphatic carbocycles. The van der Waals surface area contributed by atoms with E-state index in [1.54, 1.807) is 6.07 Å². The molecular weight excluding hydrogens is 219 g/mol. The molecule has 1 aromatic carbocycles. The van der Waals surface area contributed by atoms with Gasteiger partial charge in [-0.3, -0.25) is 5.10 Å². The highest BCUT2D eigenvalue weighted by molar-refractivity contribution is 5.89. The number of nitrogens with one attached hydrogen (secondary N) is 3. The minimum atomic E-state index is -0.229. The highest BCUT2D eigenvalue weighted by Crippen LogP contribution is 2.23. The van der Waals surface area contributed by atoms with E-state index in [0.29, 0.717) is 6.04 Å². The van der Waals surface area contributed by atoms with Gasteiger partial charge in [0, 0.05) is 11.4 Å². The van der Waals surface area contributed by atoms with Gasteiger partial charge in [-0.15, -0.1) is 0 Å². The van der Waals surface area contributed by atoms with Crippen molar-refractivity contribution < 1.29 is 4.39 Å². The molecule has 0 unspecified atom stereocenters. The van der Waals surface area contributed by atoms with Crippen LogP contribution in [0.4, 0.5) is 10.2 Å². The molecule has 0 saturated carbocycles. The van der Waals surface area contributed by atoms with Crippen LogP contribution in [-0.4, -0.2) is 29.3 Å². The predicted octanol–water partition coefficient (Wildman–Crippen LogP) is 1.87. The normalized spacial score (nSPS) is 17.5. The third-order valence-corrected chi connectivity index (χ3v) is 3.20. The third-order valence-electron chi connectivity index (χ3n) is 3.20. The topological polar surface area (TPSA) is 52.7 Å². The average molecular weight is 234 g/mol. The molecule has 1 fully saturated rings. The number of piperidine rings is 1. The van der Waals surface area contributed by atoms with Crippen molar-refractivity contribution in [2.45, 2.75) is 18.9 Å². The fourth-order valence-corrected chi connectivity index (χ4v) is 2.26. The number of fused-ring (bicyclic) bond motifs is 1. The summed E-state index contributed by atoms with van der Waals surface area (Å²) in [4.78, 5) is 0. The van der Waals surface area contributed by atoms with Crippen molar-refractivity contribution in [3.8, 4) is 0 Å². The number of aromatic nitrogens is 2. The zero-order valence-electron chi connectivity index (χ0n) is 9.46. The van der Waals surface area contributed by atoms with E-state index in [0.717, 1.165) is 42.7 Å². The van der Waals surface area contributed by atoms with Gasteiger partial charge in [-0.2, -0.15) is 5.10 Å². The van der Waals surface area contributed by atoms with E-state index in [9.17, 15) is 4.39 Å². The van der Waals surface area contributed by atoms with Crippen LogP contribution in [0, 0.1) is 5.82 Å². The summed E-state index contributed by atoms with van der Waals surface area (Å²) in [5.41, 5.74) is 0.864. The van der Waals surface area contributed by atoms with Crippen LogP contribution < -0.4 is 10.6 Å². The molecule has 2 heterocycles. The minimum Gasteiger partial charge on any atom is -0.365 e. The molecule has 3 N–H and O–H groups in total. The van der Waals surface area contributed by atoms with Gasteiger partial charge >= 0.3 is 0 Å². The maximum Gasteiger partial charge on any atom is 0.156 e. The summed E-state index contributed by atoms with van der Waals surface area (Å²) in [7, 11) is 0. The Kier molecular flexibility index (Phi) is 2.68. The third kappa shape index (κ3) is 2.10. The Morgan fingerprint density at radius 2 is 2.12 bits per heavy atom. The van der Waals surface area contributed by atoms with Crippen molar-refractivity contribution in [2.24, 2.45) is 0 Å². The Morgan fingerprint density at radius 3 is 2.94 bits per heavy atom. The highest BCUT2D eigenvalue weighted by Gasteiger charge is 2.15.